The van der Waals surface area contributed by atoms with Crippen molar-refractivity contribution in [3.05, 3.63) is 18.0 Å². The smallest absolute Gasteiger partial charge is 0.0764 e. The maximum Gasteiger partial charge on any atom is 0.0764 e. The Labute approximate surface area is 110 Å². The number of hydrogen-bond acceptors (Lipinski definition) is 3. The number of aromatic nitrogens is 2. The zero-order chi connectivity index (χ0) is 13.2. The Morgan fingerprint density at radius 1 is 1.44 bits per heavy atom. The van der Waals surface area contributed by atoms with Crippen molar-refractivity contribution in [3.8, 4) is 0 Å². The first-order valence-electron chi connectivity index (χ1n) is 7.06. The van der Waals surface area contributed by atoms with Gasteiger partial charge in [0.1, 0.15) is 0 Å². The van der Waals surface area contributed by atoms with Gasteiger partial charge in [-0.25, -0.2) is 0 Å². The number of nitrogens with one attached hydrogen (secondary N) is 1. The first-order valence-corrected chi connectivity index (χ1v) is 7.06. The van der Waals surface area contributed by atoms with Gasteiger partial charge in [0.2, 0.25) is 0 Å². The number of aryl methyl sites for hydroxylation is 1. The van der Waals surface area contributed by atoms with Crippen LogP contribution in [0.25, 0.3) is 0 Å². The largest absolute Gasteiger partial charge is 0.308 e. The summed E-state index contributed by atoms with van der Waals surface area (Å²) < 4.78 is 1.88. The minimum atomic E-state index is 0.293. The molecular formula is C14H26N4. The molecule has 1 saturated heterocycles. The monoisotopic (exact) mass is 250 g/mol. The molecule has 1 aromatic rings. The molecule has 0 amide bonds. The molecule has 0 bridgehead atoms. The molecule has 0 radical (unpaired) electrons. The maximum atomic E-state index is 4.49. The topological polar surface area (TPSA) is 33.1 Å². The van der Waals surface area contributed by atoms with Crippen molar-refractivity contribution < 1.29 is 0 Å². The Morgan fingerprint density at radius 2 is 2.17 bits per heavy atom. The molecule has 4 nitrogen and oxygen atoms in total. The summed E-state index contributed by atoms with van der Waals surface area (Å²) in [6.07, 6.45) is 4.40. The van der Waals surface area contributed by atoms with Crippen LogP contribution in [0.15, 0.2) is 12.3 Å². The van der Waals surface area contributed by atoms with E-state index in [-0.39, 0.29) is 0 Å². The lowest BCUT2D eigenvalue weighted by molar-refractivity contribution is 0.0734. The third kappa shape index (κ3) is 2.75. The molecule has 0 spiro atoms. The van der Waals surface area contributed by atoms with Crippen LogP contribution in [0.4, 0.5) is 0 Å². The molecule has 0 aromatic carbocycles. The van der Waals surface area contributed by atoms with Crippen LogP contribution in [0.1, 0.15) is 39.3 Å². The van der Waals surface area contributed by atoms with Gasteiger partial charge in [-0.1, -0.05) is 13.8 Å². The van der Waals surface area contributed by atoms with Gasteiger partial charge in [0.15, 0.2) is 0 Å². The van der Waals surface area contributed by atoms with E-state index in [0.717, 1.165) is 19.6 Å². The van der Waals surface area contributed by atoms with Crippen molar-refractivity contribution in [2.24, 2.45) is 7.05 Å². The molecule has 0 aliphatic carbocycles. The normalized spacial score (nSPS) is 24.3. The Balaban J connectivity index is 2.05. The fraction of sp³-hybridized carbons (Fsp3) is 0.786. The van der Waals surface area contributed by atoms with Crippen LogP contribution in [0.2, 0.25) is 0 Å². The van der Waals surface area contributed by atoms with Gasteiger partial charge in [0, 0.05) is 44.5 Å². The summed E-state index contributed by atoms with van der Waals surface area (Å²) in [7, 11) is 1.98. The Bertz CT molecular complexity index is 381. The third-order valence-corrected chi connectivity index (χ3v) is 4.39. The molecule has 1 aromatic heterocycles. The van der Waals surface area contributed by atoms with Crippen LogP contribution in [-0.2, 0) is 13.6 Å². The summed E-state index contributed by atoms with van der Waals surface area (Å²) in [4.78, 5) is 2.56. The quantitative estimate of drug-likeness (QED) is 0.884. The fourth-order valence-electron chi connectivity index (χ4n) is 2.78. The van der Waals surface area contributed by atoms with E-state index in [9.17, 15) is 0 Å². The molecule has 102 valence electrons. The predicted molar refractivity (Wildman–Crippen MR) is 74.4 cm³/mol. The minimum Gasteiger partial charge on any atom is -0.308 e. The minimum absolute atomic E-state index is 0.293. The molecule has 1 aliphatic rings. The molecule has 4 heteroatoms. The van der Waals surface area contributed by atoms with Gasteiger partial charge in [-0.2, -0.15) is 5.10 Å². The number of piperazine rings is 1. The standard InChI is InChI=1S/C14H26N4/c1-5-14(6-2)11-18(12(3)9-15-14)10-13-7-8-17(4)16-13/h7-8,12,15H,5-6,9-11H2,1-4H3. The van der Waals surface area contributed by atoms with E-state index in [4.69, 9.17) is 0 Å². The van der Waals surface area contributed by atoms with E-state index in [0.29, 0.717) is 11.6 Å². The van der Waals surface area contributed by atoms with E-state index in [1.165, 1.54) is 18.5 Å². The van der Waals surface area contributed by atoms with Crippen LogP contribution in [0.3, 0.4) is 0 Å². The summed E-state index contributed by atoms with van der Waals surface area (Å²) >= 11 is 0. The zero-order valence-corrected chi connectivity index (χ0v) is 12.1. The van der Waals surface area contributed by atoms with Crippen molar-refractivity contribution in [3.63, 3.8) is 0 Å². The highest BCUT2D eigenvalue weighted by molar-refractivity contribution is 5.02. The molecule has 1 atom stereocenters. The molecule has 0 saturated carbocycles. The second-order valence-electron chi connectivity index (χ2n) is 5.60. The molecule has 18 heavy (non-hydrogen) atoms. The van der Waals surface area contributed by atoms with Crippen LogP contribution < -0.4 is 5.32 Å². The zero-order valence-electron chi connectivity index (χ0n) is 12.1. The lowest BCUT2D eigenvalue weighted by Gasteiger charge is -2.46. The van der Waals surface area contributed by atoms with Crippen molar-refractivity contribution in [1.82, 2.24) is 20.0 Å². The highest BCUT2D eigenvalue weighted by Gasteiger charge is 2.35. The van der Waals surface area contributed by atoms with Gasteiger partial charge in [0.25, 0.3) is 0 Å². The van der Waals surface area contributed by atoms with Gasteiger partial charge >= 0.3 is 0 Å². The maximum absolute atomic E-state index is 4.49. The van der Waals surface area contributed by atoms with Gasteiger partial charge in [-0.05, 0) is 25.8 Å². The SMILES string of the molecule is CCC1(CC)CN(Cc2ccn(C)n2)C(C)CN1. The van der Waals surface area contributed by atoms with E-state index >= 15 is 0 Å². The van der Waals surface area contributed by atoms with Crippen LogP contribution in [0, 0.1) is 0 Å². The van der Waals surface area contributed by atoms with Crippen LogP contribution >= 0.6 is 0 Å². The van der Waals surface area contributed by atoms with Gasteiger partial charge in [0.05, 0.1) is 5.69 Å². The Kier molecular flexibility index (Phi) is 4.07. The van der Waals surface area contributed by atoms with Crippen molar-refractivity contribution >= 4 is 0 Å². The number of rotatable bonds is 4. The van der Waals surface area contributed by atoms with Gasteiger partial charge in [-0.15, -0.1) is 0 Å². The average Bonchev–Trinajstić information content (AvgIpc) is 2.78. The molecule has 2 rings (SSSR count). The predicted octanol–water partition coefficient (Wildman–Crippen LogP) is 1.77. The lowest BCUT2D eigenvalue weighted by Crippen LogP contribution is -2.62. The highest BCUT2D eigenvalue weighted by atomic mass is 15.3. The van der Waals surface area contributed by atoms with Gasteiger partial charge < -0.3 is 5.32 Å². The summed E-state index contributed by atoms with van der Waals surface area (Å²) in [5, 5.41) is 8.23. The average molecular weight is 250 g/mol. The number of hydrogen-bond donors (Lipinski definition) is 1. The second-order valence-corrected chi connectivity index (χ2v) is 5.60. The molecule has 1 fully saturated rings. The summed E-state index contributed by atoms with van der Waals surface area (Å²) in [6, 6.07) is 2.70. The van der Waals surface area contributed by atoms with Crippen molar-refractivity contribution in [2.45, 2.75) is 51.7 Å². The van der Waals surface area contributed by atoms with E-state index in [1.807, 2.05) is 17.9 Å². The highest BCUT2D eigenvalue weighted by Crippen LogP contribution is 2.23. The second kappa shape index (κ2) is 5.41. The van der Waals surface area contributed by atoms with Crippen molar-refractivity contribution in [2.75, 3.05) is 13.1 Å². The number of nitrogens with zero attached hydrogens (tertiary/aromatic N) is 3. The van der Waals surface area contributed by atoms with E-state index in [1.54, 1.807) is 0 Å². The molecule has 1 aliphatic heterocycles. The summed E-state index contributed by atoms with van der Waals surface area (Å²) in [6.45, 7) is 10.0. The van der Waals surface area contributed by atoms with Gasteiger partial charge in [-0.3, -0.25) is 9.58 Å². The molecule has 1 unspecified atom stereocenters. The molecule has 2 heterocycles. The van der Waals surface area contributed by atoms with E-state index < -0.39 is 0 Å². The summed E-state index contributed by atoms with van der Waals surface area (Å²) in [5.74, 6) is 0. The molecular weight excluding hydrogens is 224 g/mol. The first-order chi connectivity index (χ1) is 8.58. The van der Waals surface area contributed by atoms with E-state index in [2.05, 4.69) is 42.2 Å². The third-order valence-electron chi connectivity index (χ3n) is 4.39. The Hall–Kier alpha value is -0.870. The van der Waals surface area contributed by atoms with Crippen LogP contribution in [-0.4, -0.2) is 39.4 Å². The molecule has 1 N–H and O–H groups in total. The lowest BCUT2D eigenvalue weighted by atomic mass is 9.88. The fourth-order valence-corrected chi connectivity index (χ4v) is 2.78. The first kappa shape index (κ1) is 13.6. The Morgan fingerprint density at radius 3 is 2.72 bits per heavy atom. The van der Waals surface area contributed by atoms with Crippen LogP contribution in [0.5, 0.6) is 0 Å². The summed E-state index contributed by atoms with van der Waals surface area (Å²) in [5.41, 5.74) is 1.47. The van der Waals surface area contributed by atoms with Crippen molar-refractivity contribution in [1.29, 1.82) is 0 Å².